The van der Waals surface area contributed by atoms with Crippen molar-refractivity contribution in [1.82, 2.24) is 0 Å². The molecule has 2 atom stereocenters. The van der Waals surface area contributed by atoms with Gasteiger partial charge in [-0.25, -0.2) is 0 Å². The third-order valence-electron chi connectivity index (χ3n) is 3.05. The van der Waals surface area contributed by atoms with E-state index in [1.54, 1.807) is 39.0 Å². The predicted molar refractivity (Wildman–Crippen MR) is 86.8 cm³/mol. The van der Waals surface area contributed by atoms with E-state index < -0.39 is 23.5 Å². The van der Waals surface area contributed by atoms with Crippen molar-refractivity contribution in [2.45, 2.75) is 45.3 Å². The lowest BCUT2D eigenvalue weighted by molar-refractivity contribution is -0.157. The molecule has 0 aliphatic rings. The van der Waals surface area contributed by atoms with Crippen LogP contribution in [0.1, 0.15) is 39.2 Å². The first kappa shape index (κ1) is 19.0. The lowest BCUT2D eigenvalue weighted by Gasteiger charge is -2.26. The molecule has 2 N–H and O–H groups in total. The predicted octanol–water partition coefficient (Wildman–Crippen LogP) is 2.05. The van der Waals surface area contributed by atoms with Crippen molar-refractivity contribution >= 4 is 12.3 Å². The molecule has 6 nitrogen and oxygen atoms in total. The van der Waals surface area contributed by atoms with Crippen molar-refractivity contribution in [1.29, 1.82) is 0 Å². The number of hydrogen-bond donors (Lipinski definition) is 1. The van der Waals surface area contributed by atoms with Gasteiger partial charge in [0, 0.05) is 0 Å². The Morgan fingerprint density at radius 3 is 2.43 bits per heavy atom. The molecule has 0 aliphatic heterocycles. The van der Waals surface area contributed by atoms with E-state index in [-0.39, 0.29) is 0 Å². The molecule has 1 aromatic rings. The van der Waals surface area contributed by atoms with Gasteiger partial charge in [-0.2, -0.15) is 0 Å². The first-order valence-corrected chi connectivity index (χ1v) is 7.48. The Hall–Kier alpha value is -2.08. The topological polar surface area (TPSA) is 87.9 Å². The summed E-state index contributed by atoms with van der Waals surface area (Å²) in [6.07, 6.45) is 0.541. The summed E-state index contributed by atoms with van der Waals surface area (Å²) in [6.45, 7) is 7.56. The highest BCUT2D eigenvalue weighted by Crippen LogP contribution is 2.32. The fraction of sp³-hybridized carbons (Fsp3) is 0.529. The Labute approximate surface area is 136 Å². The van der Waals surface area contributed by atoms with Crippen LogP contribution in [0.2, 0.25) is 0 Å². The van der Waals surface area contributed by atoms with Crippen LogP contribution in [0.4, 0.5) is 0 Å². The largest absolute Gasteiger partial charge is 0.493 e. The Kier molecular flexibility index (Phi) is 6.57. The summed E-state index contributed by atoms with van der Waals surface area (Å²) in [5.41, 5.74) is 5.69. The normalized spacial score (nSPS) is 13.8. The van der Waals surface area contributed by atoms with Gasteiger partial charge in [-0.05, 0) is 45.4 Å². The van der Waals surface area contributed by atoms with Gasteiger partial charge in [0.2, 0.25) is 0 Å². The van der Waals surface area contributed by atoms with E-state index in [2.05, 4.69) is 0 Å². The zero-order valence-electron chi connectivity index (χ0n) is 14.3. The fourth-order valence-corrected chi connectivity index (χ4v) is 2.11. The van der Waals surface area contributed by atoms with Gasteiger partial charge in [0.1, 0.15) is 17.8 Å². The van der Waals surface area contributed by atoms with Crippen LogP contribution in [0.15, 0.2) is 18.2 Å². The molecule has 1 rings (SSSR count). The molecule has 6 heteroatoms. The lowest BCUT2D eigenvalue weighted by atomic mass is 9.92. The fourth-order valence-electron chi connectivity index (χ4n) is 2.11. The average molecular weight is 323 g/mol. The van der Waals surface area contributed by atoms with Crippen LogP contribution in [0.3, 0.4) is 0 Å². The number of aldehydes is 1. The maximum absolute atomic E-state index is 12.5. The van der Waals surface area contributed by atoms with Crippen molar-refractivity contribution in [2.24, 2.45) is 5.73 Å². The summed E-state index contributed by atoms with van der Waals surface area (Å²) in [4.78, 5) is 23.6. The molecule has 1 aromatic carbocycles. The number of carbonyl (C=O) groups excluding carboxylic acids is 2. The van der Waals surface area contributed by atoms with Crippen LogP contribution in [0, 0.1) is 0 Å². The van der Waals surface area contributed by atoms with Gasteiger partial charge < -0.3 is 24.7 Å². The average Bonchev–Trinajstić information content (AvgIpc) is 2.46. The van der Waals surface area contributed by atoms with Gasteiger partial charge in [-0.3, -0.25) is 4.79 Å². The molecule has 0 heterocycles. The summed E-state index contributed by atoms with van der Waals surface area (Å²) in [6, 6.07) is 4.00. The Bertz CT molecular complexity index is 550. The second-order valence-electron chi connectivity index (χ2n) is 6.07. The summed E-state index contributed by atoms with van der Waals surface area (Å²) in [5, 5.41) is 0. The first-order chi connectivity index (χ1) is 10.7. The number of ether oxygens (including phenoxy) is 3. The number of benzene rings is 1. The first-order valence-electron chi connectivity index (χ1n) is 7.48. The minimum atomic E-state index is -1.01. The molecule has 0 saturated carbocycles. The number of nitrogens with two attached hydrogens (primary N) is 1. The second-order valence-corrected chi connectivity index (χ2v) is 6.07. The summed E-state index contributed by atoms with van der Waals surface area (Å²) in [5.74, 6) is -0.432. The molecule has 0 fully saturated rings. The smallest absolute Gasteiger partial charge is 0.315 e. The van der Waals surface area contributed by atoms with Crippen molar-refractivity contribution in [3.63, 3.8) is 0 Å². The Morgan fingerprint density at radius 1 is 1.30 bits per heavy atom. The van der Waals surface area contributed by atoms with E-state index >= 15 is 0 Å². The molecule has 0 aromatic heterocycles. The summed E-state index contributed by atoms with van der Waals surface area (Å²) < 4.78 is 16.1. The minimum absolute atomic E-state index is 0.441. The zero-order valence-corrected chi connectivity index (χ0v) is 14.3. The maximum atomic E-state index is 12.5. The van der Waals surface area contributed by atoms with E-state index in [0.717, 1.165) is 0 Å². The quantitative estimate of drug-likeness (QED) is 0.610. The standard InChI is InChI=1S/C17H25NO5/c1-6-22-14-9-11(7-8-13(14)21-5)15(12(18)10-19)16(20)23-17(2,3)4/h7-10,12,15H,6,18H2,1-5H3. The molecule has 0 radical (unpaired) electrons. The zero-order chi connectivity index (χ0) is 17.6. The molecule has 2 unspecified atom stereocenters. The molecule has 0 bridgehead atoms. The molecular weight excluding hydrogens is 298 g/mol. The molecule has 0 aliphatic carbocycles. The SMILES string of the molecule is CCOc1cc(C(C(=O)OC(C)(C)C)C(N)C=O)ccc1OC. The van der Waals surface area contributed by atoms with Crippen molar-refractivity contribution in [3.05, 3.63) is 23.8 Å². The molecular formula is C17H25NO5. The van der Waals surface area contributed by atoms with Gasteiger partial charge in [0.25, 0.3) is 0 Å². The van der Waals surface area contributed by atoms with Crippen molar-refractivity contribution in [3.8, 4) is 11.5 Å². The van der Waals surface area contributed by atoms with Gasteiger partial charge in [-0.1, -0.05) is 6.07 Å². The number of methoxy groups -OCH3 is 1. The third-order valence-corrected chi connectivity index (χ3v) is 3.05. The third kappa shape index (κ3) is 5.25. The van der Waals surface area contributed by atoms with Crippen molar-refractivity contribution in [2.75, 3.05) is 13.7 Å². The van der Waals surface area contributed by atoms with Crippen LogP contribution in [0.25, 0.3) is 0 Å². The maximum Gasteiger partial charge on any atom is 0.315 e. The van der Waals surface area contributed by atoms with Crippen LogP contribution < -0.4 is 15.2 Å². The van der Waals surface area contributed by atoms with Crippen LogP contribution in [0.5, 0.6) is 11.5 Å². The van der Waals surface area contributed by atoms with Crippen molar-refractivity contribution < 1.29 is 23.8 Å². The highest BCUT2D eigenvalue weighted by Gasteiger charge is 2.32. The van der Waals surface area contributed by atoms with E-state index in [0.29, 0.717) is 30.0 Å². The molecule has 0 amide bonds. The molecule has 23 heavy (non-hydrogen) atoms. The lowest BCUT2D eigenvalue weighted by Crippen LogP contribution is -2.38. The summed E-state index contributed by atoms with van der Waals surface area (Å²) in [7, 11) is 1.53. The van der Waals surface area contributed by atoms with Gasteiger partial charge in [0.05, 0.1) is 19.8 Å². The second kappa shape index (κ2) is 7.97. The monoisotopic (exact) mass is 323 g/mol. The molecule has 0 saturated heterocycles. The number of esters is 1. The van der Waals surface area contributed by atoms with Crippen LogP contribution in [-0.4, -0.2) is 37.6 Å². The number of carbonyl (C=O) groups is 2. The number of hydrogen-bond acceptors (Lipinski definition) is 6. The highest BCUT2D eigenvalue weighted by molar-refractivity contribution is 5.84. The highest BCUT2D eigenvalue weighted by atomic mass is 16.6. The van der Waals surface area contributed by atoms with Gasteiger partial charge in [0.15, 0.2) is 11.5 Å². The van der Waals surface area contributed by atoms with Gasteiger partial charge in [-0.15, -0.1) is 0 Å². The Balaban J connectivity index is 3.24. The van der Waals surface area contributed by atoms with E-state index in [4.69, 9.17) is 19.9 Å². The Morgan fingerprint density at radius 2 is 1.96 bits per heavy atom. The van der Waals surface area contributed by atoms with Crippen LogP contribution in [-0.2, 0) is 14.3 Å². The molecule has 128 valence electrons. The van der Waals surface area contributed by atoms with E-state index in [1.807, 2.05) is 6.92 Å². The van der Waals surface area contributed by atoms with E-state index in [1.165, 1.54) is 7.11 Å². The van der Waals surface area contributed by atoms with E-state index in [9.17, 15) is 9.59 Å². The van der Waals surface area contributed by atoms with Crippen LogP contribution >= 0.6 is 0 Å². The molecule has 0 spiro atoms. The van der Waals surface area contributed by atoms with Gasteiger partial charge >= 0.3 is 5.97 Å². The minimum Gasteiger partial charge on any atom is -0.493 e. The summed E-state index contributed by atoms with van der Waals surface area (Å²) >= 11 is 0. The number of rotatable bonds is 7.